The number of nitrogens with one attached hydrogen (secondary N) is 4. The molecular formula is C20H31N5O4. The highest BCUT2D eigenvalue weighted by Gasteiger charge is 2.20. The fourth-order valence-electron chi connectivity index (χ4n) is 2.93. The largest absolute Gasteiger partial charge is 0.476 e. The Hall–Kier alpha value is -2.68. The van der Waals surface area contributed by atoms with Gasteiger partial charge < -0.3 is 26.0 Å². The fourth-order valence-corrected chi connectivity index (χ4v) is 2.93. The molecule has 29 heavy (non-hydrogen) atoms. The number of nitrogens with zero attached hydrogens (tertiary/aromatic N) is 1. The van der Waals surface area contributed by atoms with E-state index in [1.165, 1.54) is 0 Å². The zero-order valence-electron chi connectivity index (χ0n) is 17.1. The Bertz CT molecular complexity index is 697. The van der Waals surface area contributed by atoms with Gasteiger partial charge in [-0.3, -0.25) is 14.4 Å². The molecule has 1 aromatic rings. The number of aryl methyl sites for hydroxylation is 1. The molecule has 0 saturated carbocycles. The SMILES string of the molecule is CCCC1NC(=O)CNC(=O)CN[C@@H](C)COc2ncccc2CCCNC1=O. The molecule has 160 valence electrons. The number of carbonyl (C=O) groups is 3. The molecule has 1 aliphatic rings. The summed E-state index contributed by atoms with van der Waals surface area (Å²) in [4.78, 5) is 40.8. The molecule has 0 radical (unpaired) electrons. The summed E-state index contributed by atoms with van der Waals surface area (Å²) in [5, 5.41) is 11.2. The maximum absolute atomic E-state index is 12.4. The van der Waals surface area contributed by atoms with Crippen LogP contribution in [-0.4, -0.2) is 61.0 Å². The van der Waals surface area contributed by atoms with Crippen molar-refractivity contribution in [2.24, 2.45) is 0 Å². The highest BCUT2D eigenvalue weighted by atomic mass is 16.5. The van der Waals surface area contributed by atoms with Crippen LogP contribution in [0.4, 0.5) is 0 Å². The Kier molecular flexibility index (Phi) is 9.36. The van der Waals surface area contributed by atoms with Crippen LogP contribution in [0.1, 0.15) is 38.7 Å². The van der Waals surface area contributed by atoms with Crippen molar-refractivity contribution in [1.82, 2.24) is 26.3 Å². The van der Waals surface area contributed by atoms with Gasteiger partial charge in [0.15, 0.2) is 0 Å². The molecule has 0 aromatic carbocycles. The van der Waals surface area contributed by atoms with E-state index in [0.29, 0.717) is 31.9 Å². The molecule has 9 nitrogen and oxygen atoms in total. The molecule has 0 fully saturated rings. The van der Waals surface area contributed by atoms with Crippen LogP contribution in [0.3, 0.4) is 0 Å². The molecule has 2 atom stereocenters. The van der Waals surface area contributed by atoms with Gasteiger partial charge in [0.05, 0.1) is 13.1 Å². The van der Waals surface area contributed by atoms with Gasteiger partial charge in [-0.05, 0) is 32.3 Å². The smallest absolute Gasteiger partial charge is 0.242 e. The van der Waals surface area contributed by atoms with Gasteiger partial charge in [-0.25, -0.2) is 4.98 Å². The van der Waals surface area contributed by atoms with Crippen molar-refractivity contribution < 1.29 is 19.1 Å². The molecule has 2 heterocycles. The van der Waals surface area contributed by atoms with E-state index < -0.39 is 6.04 Å². The van der Waals surface area contributed by atoms with Crippen molar-refractivity contribution in [2.45, 2.75) is 51.6 Å². The minimum Gasteiger partial charge on any atom is -0.476 e. The molecule has 2 rings (SSSR count). The topological polar surface area (TPSA) is 121 Å². The molecule has 9 heteroatoms. The predicted molar refractivity (Wildman–Crippen MR) is 108 cm³/mol. The van der Waals surface area contributed by atoms with E-state index >= 15 is 0 Å². The lowest BCUT2D eigenvalue weighted by molar-refractivity contribution is -0.129. The van der Waals surface area contributed by atoms with E-state index in [-0.39, 0.29) is 36.9 Å². The van der Waals surface area contributed by atoms with E-state index in [0.717, 1.165) is 18.4 Å². The quantitative estimate of drug-likeness (QED) is 0.545. The summed E-state index contributed by atoms with van der Waals surface area (Å²) < 4.78 is 5.81. The highest BCUT2D eigenvalue weighted by molar-refractivity contribution is 5.90. The van der Waals surface area contributed by atoms with Gasteiger partial charge >= 0.3 is 0 Å². The van der Waals surface area contributed by atoms with Gasteiger partial charge in [0.1, 0.15) is 12.6 Å². The highest BCUT2D eigenvalue weighted by Crippen LogP contribution is 2.16. The molecular weight excluding hydrogens is 374 g/mol. The number of hydrogen-bond acceptors (Lipinski definition) is 6. The standard InChI is InChI=1S/C20H31N5O4/c1-3-6-16-19(28)21-9-4-7-15-8-5-10-22-20(15)29-13-14(2)23-11-17(26)24-12-18(27)25-16/h5,8,10,14,16,23H,3-4,6-7,9,11-13H2,1-2H3,(H,21,28)(H,24,26)(H,25,27)/t14-,16?/m0/s1. The second kappa shape index (κ2) is 12.0. The summed E-state index contributed by atoms with van der Waals surface area (Å²) in [5.41, 5.74) is 0.964. The Morgan fingerprint density at radius 1 is 1.17 bits per heavy atom. The lowest BCUT2D eigenvalue weighted by Crippen LogP contribution is -2.50. The summed E-state index contributed by atoms with van der Waals surface area (Å²) in [5.74, 6) is -0.340. The van der Waals surface area contributed by atoms with Crippen molar-refractivity contribution >= 4 is 17.7 Å². The molecule has 1 unspecified atom stereocenters. The van der Waals surface area contributed by atoms with Gasteiger partial charge in [-0.1, -0.05) is 19.4 Å². The second-order valence-electron chi connectivity index (χ2n) is 7.14. The number of amides is 3. The average Bonchev–Trinajstić information content (AvgIpc) is 2.71. The van der Waals surface area contributed by atoms with Crippen LogP contribution in [-0.2, 0) is 20.8 Å². The molecule has 0 aliphatic carbocycles. The summed E-state index contributed by atoms with van der Waals surface area (Å²) >= 11 is 0. The molecule has 0 spiro atoms. The third-order valence-corrected chi connectivity index (χ3v) is 4.53. The van der Waals surface area contributed by atoms with E-state index in [4.69, 9.17) is 4.74 Å². The van der Waals surface area contributed by atoms with E-state index in [1.54, 1.807) is 6.20 Å². The monoisotopic (exact) mass is 405 g/mol. The summed E-state index contributed by atoms with van der Waals surface area (Å²) in [6.45, 7) is 4.59. The van der Waals surface area contributed by atoms with Crippen molar-refractivity contribution in [2.75, 3.05) is 26.2 Å². The Labute approximate surface area is 171 Å². The van der Waals surface area contributed by atoms with E-state index in [9.17, 15) is 14.4 Å². The third-order valence-electron chi connectivity index (χ3n) is 4.53. The minimum absolute atomic E-state index is 0.0613. The molecule has 1 aliphatic heterocycles. The summed E-state index contributed by atoms with van der Waals surface area (Å²) in [6, 6.07) is 3.12. The first kappa shape index (κ1) is 22.6. The average molecular weight is 405 g/mol. The second-order valence-corrected chi connectivity index (χ2v) is 7.14. The number of aromatic nitrogens is 1. The normalized spacial score (nSPS) is 22.8. The molecule has 0 bridgehead atoms. The first-order valence-corrected chi connectivity index (χ1v) is 10.1. The van der Waals surface area contributed by atoms with Crippen LogP contribution in [0, 0.1) is 0 Å². The first-order chi connectivity index (χ1) is 14.0. The van der Waals surface area contributed by atoms with E-state index in [1.807, 2.05) is 26.0 Å². The molecule has 0 saturated heterocycles. The van der Waals surface area contributed by atoms with Crippen LogP contribution in [0.2, 0.25) is 0 Å². The zero-order valence-corrected chi connectivity index (χ0v) is 17.1. The maximum atomic E-state index is 12.4. The van der Waals surface area contributed by atoms with Crippen molar-refractivity contribution in [3.63, 3.8) is 0 Å². The Balaban J connectivity index is 2.06. The first-order valence-electron chi connectivity index (χ1n) is 10.1. The van der Waals surface area contributed by atoms with Crippen LogP contribution in [0.5, 0.6) is 5.88 Å². The minimum atomic E-state index is -0.612. The van der Waals surface area contributed by atoms with Gasteiger partial charge in [0, 0.05) is 24.3 Å². The van der Waals surface area contributed by atoms with Crippen LogP contribution in [0.25, 0.3) is 0 Å². The van der Waals surface area contributed by atoms with Crippen molar-refractivity contribution in [3.05, 3.63) is 23.9 Å². The number of carbonyl (C=O) groups excluding carboxylic acids is 3. The molecule has 3 amide bonds. The number of pyridine rings is 1. The third kappa shape index (κ3) is 8.06. The van der Waals surface area contributed by atoms with Crippen molar-refractivity contribution in [1.29, 1.82) is 0 Å². The van der Waals surface area contributed by atoms with Crippen molar-refractivity contribution in [3.8, 4) is 5.88 Å². The lowest BCUT2D eigenvalue weighted by Gasteiger charge is -2.19. The van der Waals surface area contributed by atoms with Gasteiger partial charge in [0.25, 0.3) is 0 Å². The number of hydrogen-bond donors (Lipinski definition) is 4. The van der Waals surface area contributed by atoms with Gasteiger partial charge in [0.2, 0.25) is 23.6 Å². The van der Waals surface area contributed by atoms with Crippen LogP contribution in [0.15, 0.2) is 18.3 Å². The fraction of sp³-hybridized carbons (Fsp3) is 0.600. The maximum Gasteiger partial charge on any atom is 0.242 e. The van der Waals surface area contributed by atoms with Crippen LogP contribution < -0.4 is 26.0 Å². The van der Waals surface area contributed by atoms with E-state index in [2.05, 4.69) is 26.3 Å². The molecule has 1 aromatic heterocycles. The lowest BCUT2D eigenvalue weighted by atomic mass is 10.1. The number of rotatable bonds is 2. The Morgan fingerprint density at radius 3 is 2.79 bits per heavy atom. The summed E-state index contributed by atoms with van der Waals surface area (Å²) in [7, 11) is 0. The Morgan fingerprint density at radius 2 is 2.00 bits per heavy atom. The van der Waals surface area contributed by atoms with Gasteiger partial charge in [-0.2, -0.15) is 0 Å². The zero-order chi connectivity index (χ0) is 21.1. The number of fused-ring (bicyclic) bond motifs is 1. The number of ether oxygens (including phenoxy) is 1. The predicted octanol–water partition coefficient (Wildman–Crippen LogP) is -0.0980. The summed E-state index contributed by atoms with van der Waals surface area (Å²) in [6.07, 6.45) is 4.40. The van der Waals surface area contributed by atoms with Gasteiger partial charge in [-0.15, -0.1) is 0 Å². The molecule has 4 N–H and O–H groups in total. The van der Waals surface area contributed by atoms with Crippen LogP contribution >= 0.6 is 0 Å².